The first-order chi connectivity index (χ1) is 13.9. The van der Waals surface area contributed by atoms with Crippen LogP contribution in [0.2, 0.25) is 0 Å². The van der Waals surface area contributed by atoms with Crippen molar-refractivity contribution in [1.82, 2.24) is 0 Å². The molecule has 0 saturated carbocycles. The number of hydrogen-bond donors (Lipinski definition) is 1. The molecule has 0 aromatic heterocycles. The summed E-state index contributed by atoms with van der Waals surface area (Å²) in [6.07, 6.45) is 1.40. The van der Waals surface area contributed by atoms with Crippen molar-refractivity contribution < 1.29 is 19.0 Å². The molecular weight excluding hydrogens is 366 g/mol. The molecular formula is C24H25NO4. The molecule has 3 aliphatic rings. The smallest absolute Gasteiger partial charge is 0.163 e. The number of ketones is 1. The fourth-order valence-corrected chi connectivity index (χ4v) is 4.69. The highest BCUT2D eigenvalue weighted by Gasteiger charge is 2.41. The summed E-state index contributed by atoms with van der Waals surface area (Å²) in [5, 5.41) is 3.56. The zero-order valence-electron chi connectivity index (χ0n) is 17.0. The lowest BCUT2D eigenvalue weighted by Crippen LogP contribution is -2.34. The average molecular weight is 391 g/mol. The van der Waals surface area contributed by atoms with Crippen molar-refractivity contribution in [2.45, 2.75) is 32.6 Å². The quantitative estimate of drug-likeness (QED) is 0.806. The molecule has 29 heavy (non-hydrogen) atoms. The van der Waals surface area contributed by atoms with Crippen LogP contribution in [0.1, 0.15) is 43.7 Å². The van der Waals surface area contributed by atoms with E-state index >= 15 is 0 Å². The van der Waals surface area contributed by atoms with Gasteiger partial charge in [-0.3, -0.25) is 4.79 Å². The number of nitrogens with one attached hydrogen (secondary N) is 1. The minimum atomic E-state index is -0.133. The highest BCUT2D eigenvalue weighted by atomic mass is 16.6. The van der Waals surface area contributed by atoms with Crippen LogP contribution in [0.25, 0.3) is 0 Å². The Balaban J connectivity index is 1.70. The summed E-state index contributed by atoms with van der Waals surface area (Å²) in [6.45, 7) is 5.39. The van der Waals surface area contributed by atoms with Gasteiger partial charge in [0.15, 0.2) is 17.3 Å². The van der Waals surface area contributed by atoms with Gasteiger partial charge in [-0.2, -0.15) is 0 Å². The third-order valence-electron chi connectivity index (χ3n) is 5.97. The van der Waals surface area contributed by atoms with Crippen LogP contribution in [-0.4, -0.2) is 26.1 Å². The number of hydrogen-bond acceptors (Lipinski definition) is 5. The van der Waals surface area contributed by atoms with E-state index in [0.29, 0.717) is 19.6 Å². The number of rotatable bonds is 2. The van der Waals surface area contributed by atoms with Crippen molar-refractivity contribution in [3.63, 3.8) is 0 Å². The third-order valence-corrected chi connectivity index (χ3v) is 5.97. The molecule has 2 aliphatic heterocycles. The molecule has 2 heterocycles. The maximum atomic E-state index is 13.3. The monoisotopic (exact) mass is 391 g/mol. The van der Waals surface area contributed by atoms with Crippen LogP contribution in [-0.2, 0) is 4.79 Å². The first-order valence-electron chi connectivity index (χ1n) is 10.1. The fraction of sp³-hybridized carbons (Fsp3) is 0.375. The summed E-state index contributed by atoms with van der Waals surface area (Å²) in [6, 6.07) is 12.0. The van der Waals surface area contributed by atoms with E-state index in [-0.39, 0.29) is 17.1 Å². The lowest BCUT2D eigenvalue weighted by atomic mass is 9.68. The second-order valence-electron chi connectivity index (χ2n) is 8.75. The van der Waals surface area contributed by atoms with E-state index in [1.807, 2.05) is 36.4 Å². The van der Waals surface area contributed by atoms with Gasteiger partial charge in [0.25, 0.3) is 0 Å². The minimum absolute atomic E-state index is 0.0568. The van der Waals surface area contributed by atoms with E-state index in [2.05, 4.69) is 19.2 Å². The van der Waals surface area contributed by atoms with Gasteiger partial charge >= 0.3 is 0 Å². The van der Waals surface area contributed by atoms with Gasteiger partial charge in [0.2, 0.25) is 0 Å². The number of Topliss-reactive ketones (excluding diaryl/α,β-unsaturated/α-hetero) is 1. The van der Waals surface area contributed by atoms with Gasteiger partial charge in [-0.05, 0) is 41.2 Å². The predicted octanol–water partition coefficient (Wildman–Crippen LogP) is 4.67. The van der Waals surface area contributed by atoms with Gasteiger partial charge in [0.05, 0.1) is 7.11 Å². The van der Waals surface area contributed by atoms with Crippen molar-refractivity contribution >= 4 is 11.5 Å². The average Bonchev–Trinajstić information content (AvgIpc) is 2.70. The van der Waals surface area contributed by atoms with Crippen molar-refractivity contribution in [2.75, 3.05) is 25.6 Å². The first-order valence-corrected chi connectivity index (χ1v) is 10.1. The number of methoxy groups -OCH3 is 1. The molecule has 1 unspecified atom stereocenters. The Morgan fingerprint density at radius 2 is 1.72 bits per heavy atom. The van der Waals surface area contributed by atoms with Crippen molar-refractivity contribution in [3.8, 4) is 17.2 Å². The standard InChI is InChI=1S/C24H25NO4/c1-24(2)12-18-23(19(26)13-24)22(14-4-6-15(27-3)7-5-14)16-10-20-21(11-17(16)25-18)29-9-8-28-20/h4-7,10-11,22,25H,8-9,12-13H2,1-3H3. The normalized spacial score (nSPS) is 21.8. The molecule has 1 atom stereocenters. The molecule has 0 amide bonds. The lowest BCUT2D eigenvalue weighted by molar-refractivity contribution is -0.118. The number of allylic oxidation sites excluding steroid dienone is 2. The molecule has 0 fully saturated rings. The number of ether oxygens (including phenoxy) is 3. The summed E-state index contributed by atoms with van der Waals surface area (Å²) in [5.41, 5.74) is 4.95. The van der Waals surface area contributed by atoms with Crippen molar-refractivity contribution in [2.24, 2.45) is 5.41 Å². The summed E-state index contributed by atoms with van der Waals surface area (Å²) in [4.78, 5) is 13.3. The van der Waals surface area contributed by atoms with E-state index in [4.69, 9.17) is 14.2 Å². The lowest BCUT2D eigenvalue weighted by Gasteiger charge is -2.40. The number of carbonyl (C=O) groups is 1. The topological polar surface area (TPSA) is 56.8 Å². The Morgan fingerprint density at radius 1 is 1.03 bits per heavy atom. The molecule has 5 rings (SSSR count). The Kier molecular flexibility index (Phi) is 4.09. The highest BCUT2D eigenvalue weighted by Crippen LogP contribution is 2.51. The second-order valence-corrected chi connectivity index (χ2v) is 8.75. The summed E-state index contributed by atoms with van der Waals surface area (Å²) < 4.78 is 17.0. The molecule has 5 heteroatoms. The van der Waals surface area contributed by atoms with E-state index in [9.17, 15) is 4.79 Å². The Bertz CT molecular complexity index is 1020. The molecule has 5 nitrogen and oxygen atoms in total. The van der Waals surface area contributed by atoms with Crippen LogP contribution in [0.4, 0.5) is 5.69 Å². The molecule has 2 aromatic rings. The maximum Gasteiger partial charge on any atom is 0.163 e. The van der Waals surface area contributed by atoms with Crippen LogP contribution in [0.5, 0.6) is 17.2 Å². The number of fused-ring (bicyclic) bond motifs is 2. The third kappa shape index (κ3) is 3.05. The zero-order chi connectivity index (χ0) is 20.2. The Hall–Kier alpha value is -2.95. The largest absolute Gasteiger partial charge is 0.497 e. The second kappa shape index (κ2) is 6.55. The summed E-state index contributed by atoms with van der Waals surface area (Å²) >= 11 is 0. The van der Waals surface area contributed by atoms with E-state index in [1.54, 1.807) is 7.11 Å². The summed E-state index contributed by atoms with van der Waals surface area (Å²) in [7, 11) is 1.66. The van der Waals surface area contributed by atoms with Gasteiger partial charge < -0.3 is 19.5 Å². The molecule has 0 spiro atoms. The number of benzene rings is 2. The molecule has 0 radical (unpaired) electrons. The Morgan fingerprint density at radius 3 is 2.41 bits per heavy atom. The number of carbonyl (C=O) groups excluding carboxylic acids is 1. The van der Waals surface area contributed by atoms with Gasteiger partial charge in [-0.1, -0.05) is 26.0 Å². The Labute approximate surface area is 170 Å². The molecule has 0 saturated heterocycles. The highest BCUT2D eigenvalue weighted by molar-refractivity contribution is 6.01. The van der Waals surface area contributed by atoms with Crippen LogP contribution in [0.15, 0.2) is 47.7 Å². The predicted molar refractivity (Wildman–Crippen MR) is 111 cm³/mol. The molecule has 2 aromatic carbocycles. The van der Waals surface area contributed by atoms with Crippen molar-refractivity contribution in [1.29, 1.82) is 0 Å². The molecule has 1 aliphatic carbocycles. The van der Waals surface area contributed by atoms with Gasteiger partial charge in [-0.25, -0.2) is 0 Å². The van der Waals surface area contributed by atoms with Crippen LogP contribution in [0, 0.1) is 5.41 Å². The van der Waals surface area contributed by atoms with E-state index in [1.165, 1.54) is 0 Å². The summed E-state index contributed by atoms with van der Waals surface area (Å²) in [5.74, 6) is 2.37. The fourth-order valence-electron chi connectivity index (χ4n) is 4.69. The van der Waals surface area contributed by atoms with Crippen LogP contribution >= 0.6 is 0 Å². The number of anilines is 1. The maximum absolute atomic E-state index is 13.3. The van der Waals surface area contributed by atoms with E-state index < -0.39 is 0 Å². The van der Waals surface area contributed by atoms with Crippen LogP contribution < -0.4 is 19.5 Å². The van der Waals surface area contributed by atoms with Crippen LogP contribution in [0.3, 0.4) is 0 Å². The SMILES string of the molecule is COc1ccc(C2C3=C(CC(C)(C)CC3=O)Nc3cc4c(cc32)OCCO4)cc1. The van der Waals surface area contributed by atoms with Gasteiger partial charge in [0, 0.05) is 35.4 Å². The molecule has 0 bridgehead atoms. The van der Waals surface area contributed by atoms with Crippen molar-refractivity contribution in [3.05, 3.63) is 58.8 Å². The zero-order valence-corrected chi connectivity index (χ0v) is 17.0. The van der Waals surface area contributed by atoms with E-state index in [0.717, 1.165) is 51.8 Å². The molecule has 150 valence electrons. The molecule has 1 N–H and O–H groups in total. The first kappa shape index (κ1) is 18.1. The van der Waals surface area contributed by atoms with Gasteiger partial charge in [-0.15, -0.1) is 0 Å². The van der Waals surface area contributed by atoms with Gasteiger partial charge in [0.1, 0.15) is 19.0 Å². The minimum Gasteiger partial charge on any atom is -0.497 e.